The highest BCUT2D eigenvalue weighted by Crippen LogP contribution is 2.32. The molecule has 4 aromatic rings. The first-order chi connectivity index (χ1) is 14.9. The SMILES string of the molecule is CCC(C)c1ccc2oc(-c3ccc(Cl)c(NC(=O)c4ccc(C)c(Cl)c4)c3)nc2c1. The normalized spacial score (nSPS) is 12.2. The topological polar surface area (TPSA) is 55.1 Å². The zero-order chi connectivity index (χ0) is 22.1. The van der Waals surface area contributed by atoms with Crippen LogP contribution in [0.25, 0.3) is 22.6 Å². The summed E-state index contributed by atoms with van der Waals surface area (Å²) in [7, 11) is 0. The van der Waals surface area contributed by atoms with E-state index in [4.69, 9.17) is 27.6 Å². The van der Waals surface area contributed by atoms with Crippen molar-refractivity contribution >= 4 is 45.9 Å². The molecular weight excluding hydrogens is 431 g/mol. The third-order valence-electron chi connectivity index (χ3n) is 5.49. The Morgan fingerprint density at radius 2 is 1.87 bits per heavy atom. The lowest BCUT2D eigenvalue weighted by Crippen LogP contribution is -2.12. The largest absolute Gasteiger partial charge is 0.436 e. The van der Waals surface area contributed by atoms with Crippen LogP contribution in [0.2, 0.25) is 10.0 Å². The van der Waals surface area contributed by atoms with Gasteiger partial charge in [-0.2, -0.15) is 0 Å². The maximum Gasteiger partial charge on any atom is 0.255 e. The number of hydrogen-bond acceptors (Lipinski definition) is 3. The fraction of sp³-hybridized carbons (Fsp3) is 0.200. The lowest BCUT2D eigenvalue weighted by Gasteiger charge is -2.09. The third kappa shape index (κ3) is 4.46. The molecule has 0 radical (unpaired) electrons. The van der Waals surface area contributed by atoms with Crippen LogP contribution in [0, 0.1) is 6.92 Å². The molecule has 1 unspecified atom stereocenters. The van der Waals surface area contributed by atoms with E-state index in [2.05, 4.69) is 36.3 Å². The zero-order valence-corrected chi connectivity index (χ0v) is 19.0. The van der Waals surface area contributed by atoms with E-state index in [1.165, 1.54) is 5.56 Å². The summed E-state index contributed by atoms with van der Waals surface area (Å²) in [5.41, 5.74) is 5.32. The Hall–Kier alpha value is -2.82. The fourth-order valence-electron chi connectivity index (χ4n) is 3.29. The highest BCUT2D eigenvalue weighted by Gasteiger charge is 2.15. The lowest BCUT2D eigenvalue weighted by atomic mass is 9.98. The number of hydrogen-bond donors (Lipinski definition) is 1. The Labute approximate surface area is 191 Å². The molecule has 0 saturated carbocycles. The molecule has 6 heteroatoms. The van der Waals surface area contributed by atoms with Crippen LogP contribution >= 0.6 is 23.2 Å². The summed E-state index contributed by atoms with van der Waals surface area (Å²) in [4.78, 5) is 17.3. The standard InChI is InChI=1S/C25H22Cl2N2O2/c1-4-14(2)16-8-10-23-22(12-16)29-25(31-23)18-7-9-19(26)21(13-18)28-24(30)17-6-5-15(3)20(27)11-17/h5-14H,4H2,1-3H3,(H,28,30). The smallest absolute Gasteiger partial charge is 0.255 e. The molecule has 4 rings (SSSR count). The number of aromatic nitrogens is 1. The van der Waals surface area contributed by atoms with Gasteiger partial charge in [0.05, 0.1) is 10.7 Å². The number of anilines is 1. The molecule has 31 heavy (non-hydrogen) atoms. The van der Waals surface area contributed by atoms with Crippen LogP contribution in [-0.2, 0) is 0 Å². The maximum absolute atomic E-state index is 12.7. The summed E-state index contributed by atoms with van der Waals surface area (Å²) in [5, 5.41) is 3.81. The quantitative estimate of drug-likeness (QED) is 0.334. The van der Waals surface area contributed by atoms with Crippen LogP contribution in [0.15, 0.2) is 59.0 Å². The van der Waals surface area contributed by atoms with Gasteiger partial charge in [-0.05, 0) is 72.9 Å². The van der Waals surface area contributed by atoms with Gasteiger partial charge in [-0.1, -0.05) is 49.2 Å². The minimum atomic E-state index is -0.295. The van der Waals surface area contributed by atoms with Crippen molar-refractivity contribution in [3.05, 3.63) is 81.3 Å². The van der Waals surface area contributed by atoms with E-state index in [9.17, 15) is 4.79 Å². The first kappa shape index (κ1) is 21.4. The molecule has 1 atom stereocenters. The van der Waals surface area contributed by atoms with E-state index in [1.807, 2.05) is 19.1 Å². The van der Waals surface area contributed by atoms with E-state index in [0.29, 0.717) is 33.1 Å². The number of nitrogens with zero attached hydrogens (tertiary/aromatic N) is 1. The van der Waals surface area contributed by atoms with Crippen LogP contribution in [0.1, 0.15) is 47.7 Å². The van der Waals surface area contributed by atoms with E-state index < -0.39 is 0 Å². The van der Waals surface area contributed by atoms with E-state index >= 15 is 0 Å². The molecule has 1 N–H and O–H groups in total. The minimum absolute atomic E-state index is 0.295. The molecule has 1 aromatic heterocycles. The number of fused-ring (bicyclic) bond motifs is 1. The molecule has 0 aliphatic heterocycles. The summed E-state index contributed by atoms with van der Waals surface area (Å²) < 4.78 is 5.95. The molecule has 0 bridgehead atoms. The molecule has 0 fully saturated rings. The summed E-state index contributed by atoms with van der Waals surface area (Å²) in [6, 6.07) is 16.6. The van der Waals surface area contributed by atoms with Gasteiger partial charge in [-0.25, -0.2) is 4.98 Å². The van der Waals surface area contributed by atoms with E-state index in [0.717, 1.165) is 28.6 Å². The molecule has 0 saturated heterocycles. The van der Waals surface area contributed by atoms with Crippen LogP contribution in [0.5, 0.6) is 0 Å². The molecule has 4 nitrogen and oxygen atoms in total. The molecule has 0 aliphatic carbocycles. The van der Waals surface area contributed by atoms with Crippen molar-refractivity contribution in [3.63, 3.8) is 0 Å². The molecule has 3 aromatic carbocycles. The number of carbonyl (C=O) groups excluding carboxylic acids is 1. The minimum Gasteiger partial charge on any atom is -0.436 e. The van der Waals surface area contributed by atoms with Gasteiger partial charge in [0.2, 0.25) is 5.89 Å². The Morgan fingerprint density at radius 3 is 2.61 bits per heavy atom. The van der Waals surface area contributed by atoms with Crippen molar-refractivity contribution in [2.75, 3.05) is 5.32 Å². The highest BCUT2D eigenvalue weighted by atomic mass is 35.5. The Bertz CT molecular complexity index is 1280. The van der Waals surface area contributed by atoms with Gasteiger partial charge in [0, 0.05) is 16.1 Å². The van der Waals surface area contributed by atoms with Crippen molar-refractivity contribution < 1.29 is 9.21 Å². The van der Waals surface area contributed by atoms with E-state index in [-0.39, 0.29) is 5.91 Å². The Balaban J connectivity index is 1.64. The first-order valence-electron chi connectivity index (χ1n) is 10.1. The third-order valence-corrected chi connectivity index (χ3v) is 6.23. The van der Waals surface area contributed by atoms with Gasteiger partial charge in [0.25, 0.3) is 5.91 Å². The van der Waals surface area contributed by atoms with Gasteiger partial charge in [-0.3, -0.25) is 4.79 Å². The summed E-state index contributed by atoms with van der Waals surface area (Å²) in [6.45, 7) is 6.24. The van der Waals surface area contributed by atoms with Crippen molar-refractivity contribution in [2.45, 2.75) is 33.1 Å². The van der Waals surface area contributed by atoms with Gasteiger partial charge < -0.3 is 9.73 Å². The molecule has 158 valence electrons. The average Bonchev–Trinajstić information content (AvgIpc) is 3.19. The second kappa shape index (κ2) is 8.74. The Morgan fingerprint density at radius 1 is 1.06 bits per heavy atom. The molecule has 1 heterocycles. The molecule has 1 amide bonds. The van der Waals surface area contributed by atoms with Crippen molar-refractivity contribution in [1.82, 2.24) is 4.98 Å². The first-order valence-corrected chi connectivity index (χ1v) is 10.9. The molecule has 0 aliphatic rings. The van der Waals surface area contributed by atoms with Crippen LogP contribution in [0.4, 0.5) is 5.69 Å². The van der Waals surface area contributed by atoms with Gasteiger partial charge >= 0.3 is 0 Å². The highest BCUT2D eigenvalue weighted by molar-refractivity contribution is 6.34. The number of aryl methyl sites for hydroxylation is 1. The fourth-order valence-corrected chi connectivity index (χ4v) is 3.64. The van der Waals surface area contributed by atoms with Crippen LogP contribution in [-0.4, -0.2) is 10.9 Å². The maximum atomic E-state index is 12.7. The number of halogens is 2. The van der Waals surface area contributed by atoms with E-state index in [1.54, 1.807) is 30.3 Å². The van der Waals surface area contributed by atoms with Crippen LogP contribution < -0.4 is 5.32 Å². The summed E-state index contributed by atoms with van der Waals surface area (Å²) in [6.07, 6.45) is 1.06. The van der Waals surface area contributed by atoms with Crippen LogP contribution in [0.3, 0.4) is 0 Å². The molecule has 0 spiro atoms. The lowest BCUT2D eigenvalue weighted by molar-refractivity contribution is 0.102. The van der Waals surface area contributed by atoms with Gasteiger partial charge in [0.15, 0.2) is 5.58 Å². The second-order valence-corrected chi connectivity index (χ2v) is 8.48. The van der Waals surface area contributed by atoms with Crippen molar-refractivity contribution in [2.24, 2.45) is 0 Å². The number of amides is 1. The number of oxazole rings is 1. The number of nitrogens with one attached hydrogen (secondary N) is 1. The number of rotatable bonds is 5. The van der Waals surface area contributed by atoms with Crippen molar-refractivity contribution in [1.29, 1.82) is 0 Å². The van der Waals surface area contributed by atoms with Crippen molar-refractivity contribution in [3.8, 4) is 11.5 Å². The van der Waals surface area contributed by atoms with Gasteiger partial charge in [0.1, 0.15) is 5.52 Å². The zero-order valence-electron chi connectivity index (χ0n) is 17.5. The Kier molecular flexibility index (Phi) is 6.03. The summed E-state index contributed by atoms with van der Waals surface area (Å²) in [5.74, 6) is 0.635. The summed E-state index contributed by atoms with van der Waals surface area (Å²) >= 11 is 12.5. The monoisotopic (exact) mass is 452 g/mol. The number of carbonyl (C=O) groups is 1. The predicted molar refractivity (Wildman–Crippen MR) is 127 cm³/mol. The predicted octanol–water partition coefficient (Wildman–Crippen LogP) is 7.88. The second-order valence-electron chi connectivity index (χ2n) is 7.67. The average molecular weight is 453 g/mol. The number of benzene rings is 3. The molecular formula is C25H22Cl2N2O2. The van der Waals surface area contributed by atoms with Gasteiger partial charge in [-0.15, -0.1) is 0 Å².